The number of aromatic nitrogens is 1. The number of amides is 1. The Labute approximate surface area is 184 Å². The average Bonchev–Trinajstić information content (AvgIpc) is 3.36. The minimum atomic E-state index is -0.0585. The summed E-state index contributed by atoms with van der Waals surface area (Å²) in [4.78, 5) is 21.0. The molecule has 1 fully saturated rings. The molecule has 0 bridgehead atoms. The van der Waals surface area contributed by atoms with Crippen LogP contribution < -0.4 is 4.90 Å². The van der Waals surface area contributed by atoms with Crippen molar-refractivity contribution < 1.29 is 9.53 Å². The molecule has 0 spiro atoms. The predicted molar refractivity (Wildman–Crippen MR) is 123 cm³/mol. The molecule has 152 valence electrons. The maximum absolute atomic E-state index is 13.4. The van der Waals surface area contributed by atoms with Gasteiger partial charge in [0.15, 0.2) is 5.13 Å². The van der Waals surface area contributed by atoms with Gasteiger partial charge >= 0.3 is 0 Å². The largest absolute Gasteiger partial charge is 0.376 e. The van der Waals surface area contributed by atoms with E-state index in [1.54, 1.807) is 16.7 Å². The van der Waals surface area contributed by atoms with Gasteiger partial charge in [-0.25, -0.2) is 4.98 Å². The highest BCUT2D eigenvalue weighted by atomic mass is 35.5. The Morgan fingerprint density at radius 1 is 1.31 bits per heavy atom. The molecule has 0 saturated carbocycles. The van der Waals surface area contributed by atoms with Gasteiger partial charge in [0, 0.05) is 22.3 Å². The number of carbonyl (C=O) groups excluding carboxylic acids is 1. The van der Waals surface area contributed by atoms with E-state index in [-0.39, 0.29) is 12.0 Å². The summed E-state index contributed by atoms with van der Waals surface area (Å²) >= 11 is 9.59. The zero-order valence-corrected chi connectivity index (χ0v) is 18.8. The van der Waals surface area contributed by atoms with Crippen LogP contribution in [0.3, 0.4) is 0 Å². The summed E-state index contributed by atoms with van der Waals surface area (Å²) in [5, 5.41) is 1.76. The Balaban J connectivity index is 1.65. The minimum absolute atomic E-state index is 0.0391. The Morgan fingerprint density at radius 2 is 2.10 bits per heavy atom. The van der Waals surface area contributed by atoms with E-state index >= 15 is 0 Å². The second-order valence-corrected chi connectivity index (χ2v) is 10.4. The minimum Gasteiger partial charge on any atom is -0.376 e. The number of hydrogen-bond donors (Lipinski definition) is 0. The molecule has 29 heavy (non-hydrogen) atoms. The van der Waals surface area contributed by atoms with Gasteiger partial charge in [0.1, 0.15) is 5.52 Å². The van der Waals surface area contributed by atoms with Crippen molar-refractivity contribution in [3.05, 3.63) is 53.1 Å². The molecule has 4 rings (SSSR count). The summed E-state index contributed by atoms with van der Waals surface area (Å²) in [7, 11) is 0. The molecule has 0 radical (unpaired) electrons. The number of hydrogen-bond acceptors (Lipinski definition) is 5. The Morgan fingerprint density at radius 3 is 2.76 bits per heavy atom. The van der Waals surface area contributed by atoms with Gasteiger partial charge < -0.3 is 4.74 Å². The number of nitrogens with zero attached hydrogens (tertiary/aromatic N) is 2. The molecule has 4 nitrogen and oxygen atoms in total. The number of carbonyl (C=O) groups is 1. The van der Waals surface area contributed by atoms with Crippen LogP contribution in [0.2, 0.25) is 5.02 Å². The molecule has 3 aromatic rings. The Bertz CT molecular complexity index is 998. The van der Waals surface area contributed by atoms with Gasteiger partial charge in [-0.3, -0.25) is 9.69 Å². The fraction of sp³-hybridized carbons (Fsp3) is 0.364. The lowest BCUT2D eigenvalue weighted by Gasteiger charge is -2.23. The van der Waals surface area contributed by atoms with Crippen molar-refractivity contribution in [3.63, 3.8) is 0 Å². The molecular weight excluding hydrogens is 424 g/mol. The maximum Gasteiger partial charge on any atom is 0.260 e. The van der Waals surface area contributed by atoms with Crippen molar-refractivity contribution in [2.45, 2.75) is 42.9 Å². The predicted octanol–water partition coefficient (Wildman–Crippen LogP) is 6.28. The van der Waals surface area contributed by atoms with Crippen LogP contribution in [0, 0.1) is 0 Å². The first-order chi connectivity index (χ1) is 14.0. The van der Waals surface area contributed by atoms with Crippen molar-refractivity contribution in [3.8, 4) is 0 Å². The normalized spacial score (nSPS) is 16.6. The molecule has 0 N–H and O–H groups in total. The highest BCUT2D eigenvalue weighted by Gasteiger charge is 2.27. The smallest absolute Gasteiger partial charge is 0.260 e. The van der Waals surface area contributed by atoms with Crippen molar-refractivity contribution in [2.75, 3.05) is 18.1 Å². The van der Waals surface area contributed by atoms with Gasteiger partial charge in [0.2, 0.25) is 0 Å². The number of anilines is 1. The molecule has 1 aliphatic heterocycles. The quantitative estimate of drug-likeness (QED) is 0.418. The molecular formula is C22H23ClN2O2S2. The number of thiazole rings is 1. The van der Waals surface area contributed by atoms with E-state index < -0.39 is 0 Å². The van der Waals surface area contributed by atoms with Crippen molar-refractivity contribution in [1.29, 1.82) is 0 Å². The van der Waals surface area contributed by atoms with Gasteiger partial charge in [0.25, 0.3) is 5.91 Å². The highest BCUT2D eigenvalue weighted by Crippen LogP contribution is 2.34. The van der Waals surface area contributed by atoms with Crippen molar-refractivity contribution in [1.82, 2.24) is 4.98 Å². The number of halogens is 1. The summed E-state index contributed by atoms with van der Waals surface area (Å²) in [6.07, 6.45) is 2.02. The van der Waals surface area contributed by atoms with E-state index in [4.69, 9.17) is 21.3 Å². The summed E-state index contributed by atoms with van der Waals surface area (Å²) in [5.74, 6) is -0.0585. The fourth-order valence-electron chi connectivity index (χ4n) is 3.36. The summed E-state index contributed by atoms with van der Waals surface area (Å²) in [6.45, 7) is 5.56. The lowest BCUT2D eigenvalue weighted by atomic mass is 10.2. The van der Waals surface area contributed by atoms with Crippen molar-refractivity contribution >= 4 is 56.0 Å². The van der Waals surface area contributed by atoms with E-state index in [0.717, 1.165) is 34.6 Å². The monoisotopic (exact) mass is 446 g/mol. The zero-order valence-electron chi connectivity index (χ0n) is 16.4. The molecule has 1 atom stereocenters. The SMILES string of the molecule is CC(C)Sc1ccc(C(=O)N(CC2CCCO2)c2nc3c(Cl)cccc3s2)cc1. The molecule has 1 amide bonds. The molecule has 1 saturated heterocycles. The summed E-state index contributed by atoms with van der Waals surface area (Å²) in [5.41, 5.74) is 1.39. The standard InChI is InChI=1S/C22H23ClN2O2S2/c1-14(2)28-17-10-8-15(9-11-17)21(26)25(13-16-5-4-12-27-16)22-24-20-18(23)6-3-7-19(20)29-22/h3,6-11,14,16H,4-5,12-13H2,1-2H3. The summed E-state index contributed by atoms with van der Waals surface area (Å²) < 4.78 is 6.78. The van der Waals surface area contributed by atoms with Gasteiger partial charge in [-0.15, -0.1) is 11.8 Å². The molecule has 7 heteroatoms. The van der Waals surface area contributed by atoms with Crippen LogP contribution in [0.1, 0.15) is 37.0 Å². The van der Waals surface area contributed by atoms with E-state index in [0.29, 0.717) is 27.5 Å². The first-order valence-corrected chi connectivity index (χ1v) is 11.8. The van der Waals surface area contributed by atoms with Crippen molar-refractivity contribution in [2.24, 2.45) is 0 Å². The maximum atomic E-state index is 13.4. The van der Waals surface area contributed by atoms with Crippen LogP contribution >= 0.6 is 34.7 Å². The molecule has 1 aliphatic rings. The zero-order chi connectivity index (χ0) is 20.4. The molecule has 1 aromatic heterocycles. The summed E-state index contributed by atoms with van der Waals surface area (Å²) in [6, 6.07) is 13.5. The second-order valence-electron chi connectivity index (χ2n) is 7.32. The van der Waals surface area contributed by atoms with E-state index in [2.05, 4.69) is 13.8 Å². The van der Waals surface area contributed by atoms with Crippen LogP contribution in [0.5, 0.6) is 0 Å². The number of para-hydroxylation sites is 1. The number of benzene rings is 2. The van der Waals surface area contributed by atoms with Gasteiger partial charge in [-0.05, 0) is 49.2 Å². The topological polar surface area (TPSA) is 42.4 Å². The lowest BCUT2D eigenvalue weighted by molar-refractivity contribution is 0.0917. The average molecular weight is 447 g/mol. The second kappa shape index (κ2) is 9.04. The molecule has 2 heterocycles. The Hall–Kier alpha value is -1.60. The van der Waals surface area contributed by atoms with Gasteiger partial charge in [-0.1, -0.05) is 42.9 Å². The van der Waals surface area contributed by atoms with E-state index in [1.807, 2.05) is 42.5 Å². The molecule has 0 aliphatic carbocycles. The first-order valence-electron chi connectivity index (χ1n) is 9.76. The van der Waals surface area contributed by atoms with E-state index in [1.165, 1.54) is 11.3 Å². The third-order valence-electron chi connectivity index (χ3n) is 4.72. The third kappa shape index (κ3) is 4.77. The number of thioether (sulfide) groups is 1. The number of ether oxygens (including phenoxy) is 1. The van der Waals surface area contributed by atoms with Crippen LogP contribution in [0.15, 0.2) is 47.4 Å². The Kier molecular flexibility index (Phi) is 6.44. The van der Waals surface area contributed by atoms with Gasteiger partial charge in [-0.2, -0.15) is 0 Å². The number of rotatable bonds is 6. The lowest BCUT2D eigenvalue weighted by Crippen LogP contribution is -2.37. The van der Waals surface area contributed by atoms with Crippen LogP contribution in [0.4, 0.5) is 5.13 Å². The number of fused-ring (bicyclic) bond motifs is 1. The molecule has 1 unspecified atom stereocenters. The van der Waals surface area contributed by atoms with Gasteiger partial charge in [0.05, 0.1) is 22.4 Å². The fourth-order valence-corrected chi connectivity index (χ4v) is 5.47. The van der Waals surface area contributed by atoms with Crippen LogP contribution in [0.25, 0.3) is 10.2 Å². The van der Waals surface area contributed by atoms with Crippen LogP contribution in [-0.4, -0.2) is 35.4 Å². The van der Waals surface area contributed by atoms with Crippen LogP contribution in [-0.2, 0) is 4.74 Å². The van der Waals surface area contributed by atoms with E-state index in [9.17, 15) is 4.79 Å². The first kappa shape index (κ1) is 20.7. The highest BCUT2D eigenvalue weighted by molar-refractivity contribution is 7.99. The molecule has 2 aromatic carbocycles. The third-order valence-corrected chi connectivity index (χ3v) is 7.08.